The Morgan fingerprint density at radius 1 is 0.558 bits per heavy atom. The van der Waals surface area contributed by atoms with Gasteiger partial charge in [-0.3, -0.25) is 0 Å². The normalized spacial score (nSPS) is 15.5. The van der Waals surface area contributed by atoms with Crippen LogP contribution in [0.1, 0.15) is 103 Å². The van der Waals surface area contributed by atoms with Gasteiger partial charge in [-0.15, -0.1) is 67.5 Å². The summed E-state index contributed by atoms with van der Waals surface area (Å²) in [7, 11) is 9.68. The average Bonchev–Trinajstić information content (AvgIpc) is 3.64. The van der Waals surface area contributed by atoms with E-state index in [0.717, 1.165) is 22.6 Å². The van der Waals surface area contributed by atoms with Gasteiger partial charge in [-0.2, -0.15) is 12.1 Å². The molecule has 0 saturated carbocycles. The van der Waals surface area contributed by atoms with E-state index in [4.69, 9.17) is 18.6 Å². The van der Waals surface area contributed by atoms with Crippen molar-refractivity contribution in [2.45, 2.75) is 131 Å². The number of hydrogen-bond acceptors (Lipinski definition) is 0. The van der Waals surface area contributed by atoms with E-state index in [9.17, 15) is 0 Å². The number of halogens is 2. The molecular weight excluding hydrogens is 637 g/mol. The second kappa shape index (κ2) is 18.8. The van der Waals surface area contributed by atoms with Gasteiger partial charge in [-0.25, -0.2) is 0 Å². The van der Waals surface area contributed by atoms with Crippen molar-refractivity contribution in [3.8, 4) is 0 Å². The van der Waals surface area contributed by atoms with Gasteiger partial charge in [0.2, 0.25) is 0 Å². The quantitative estimate of drug-likeness (QED) is 0.0881. The molecule has 0 amide bonds. The van der Waals surface area contributed by atoms with Crippen molar-refractivity contribution in [1.82, 2.24) is 0 Å². The molecule has 4 atom stereocenters. The molecule has 0 bridgehead atoms. The molecule has 0 fully saturated rings. The Balaban J connectivity index is 0.000000275. The third kappa shape index (κ3) is 9.90. The standard InChI is InChI=1S/2C19H28P.2ClH.Ti/c2*1-7-15(5)20(16(6)8-2)17-11-18-13(3)9-10-14(4)19(18)12-17;;;/h2*9-12,15-16H,7-8H2,1-6H3;2*1H;/q2*-1;;;+2/p-2. The molecule has 0 nitrogen and oxygen atoms in total. The van der Waals surface area contributed by atoms with Gasteiger partial charge in [0.25, 0.3) is 0 Å². The van der Waals surface area contributed by atoms with Crippen LogP contribution in [-0.2, 0) is 17.0 Å². The van der Waals surface area contributed by atoms with Crippen LogP contribution in [0.2, 0.25) is 0 Å². The predicted octanol–water partition coefficient (Wildman–Crippen LogP) is 13.1. The molecule has 5 heteroatoms. The van der Waals surface area contributed by atoms with Crippen LogP contribution in [-0.4, -0.2) is 22.6 Å². The van der Waals surface area contributed by atoms with Crippen molar-refractivity contribution in [3.05, 3.63) is 70.8 Å². The van der Waals surface area contributed by atoms with E-state index in [0.29, 0.717) is 0 Å². The van der Waals surface area contributed by atoms with Crippen molar-refractivity contribution < 1.29 is 17.0 Å². The summed E-state index contributed by atoms with van der Waals surface area (Å²) in [5.74, 6) is 0. The predicted molar refractivity (Wildman–Crippen MR) is 202 cm³/mol. The summed E-state index contributed by atoms with van der Waals surface area (Å²) in [5.41, 5.74) is 8.94. The zero-order valence-electron chi connectivity index (χ0n) is 28.9. The van der Waals surface area contributed by atoms with Gasteiger partial charge in [0, 0.05) is 0 Å². The van der Waals surface area contributed by atoms with Crippen LogP contribution in [0, 0.1) is 27.7 Å². The summed E-state index contributed by atoms with van der Waals surface area (Å²) < 4.78 is 0. The summed E-state index contributed by atoms with van der Waals surface area (Å²) in [4.78, 5) is 0. The molecule has 0 spiro atoms. The van der Waals surface area contributed by atoms with E-state index in [1.807, 2.05) is 0 Å². The monoisotopic (exact) mass is 692 g/mol. The van der Waals surface area contributed by atoms with Crippen LogP contribution in [0.15, 0.2) is 48.5 Å². The molecule has 4 rings (SSSR count). The zero-order valence-corrected chi connectivity index (χ0v) is 33.8. The van der Waals surface area contributed by atoms with E-state index in [1.54, 1.807) is 10.6 Å². The number of benzene rings is 2. The molecule has 0 aromatic heterocycles. The Bertz CT molecular complexity index is 1200. The second-order valence-corrected chi connectivity index (χ2v) is 21.2. The van der Waals surface area contributed by atoms with Gasteiger partial charge in [0.15, 0.2) is 0 Å². The van der Waals surface area contributed by atoms with Crippen LogP contribution in [0.4, 0.5) is 0 Å². The van der Waals surface area contributed by atoms with E-state index < -0.39 is 17.0 Å². The van der Waals surface area contributed by atoms with Crippen LogP contribution in [0.25, 0.3) is 21.5 Å². The average molecular weight is 694 g/mol. The first-order valence-electron chi connectivity index (χ1n) is 16.3. The van der Waals surface area contributed by atoms with Gasteiger partial charge in [0.05, 0.1) is 0 Å². The van der Waals surface area contributed by atoms with E-state index >= 15 is 0 Å². The molecule has 0 radical (unpaired) electrons. The molecule has 4 unspecified atom stereocenters. The molecule has 0 N–H and O–H groups in total. The summed E-state index contributed by atoms with van der Waals surface area (Å²) in [6.07, 6.45) is 5.15. The zero-order chi connectivity index (χ0) is 32.4. The van der Waals surface area contributed by atoms with Crippen molar-refractivity contribution in [2.24, 2.45) is 0 Å². The third-order valence-electron chi connectivity index (χ3n) is 9.47. The van der Waals surface area contributed by atoms with Crippen molar-refractivity contribution in [3.63, 3.8) is 0 Å². The van der Waals surface area contributed by atoms with Gasteiger partial charge in [-0.1, -0.05) is 108 Å². The Morgan fingerprint density at radius 2 is 0.814 bits per heavy atom. The summed E-state index contributed by atoms with van der Waals surface area (Å²) in [5, 5.41) is 9.13. The van der Waals surface area contributed by atoms with Crippen LogP contribution >= 0.6 is 34.5 Å². The van der Waals surface area contributed by atoms with E-state index in [-0.39, 0.29) is 15.8 Å². The maximum atomic E-state index is 4.89. The SMILES string of the molecule is CCC(C)P(c1cc2c(C)ccc(C)c2[cH-]1)C(C)CC.CCC(C)P(c1cc2c(C)ccc(C)c2[cH-]1)C(C)CC.[Cl][Ti][Cl]. The number of aryl methyl sites for hydroxylation is 4. The molecular formula is C38H56Cl2P2Ti-2. The molecule has 4 aromatic carbocycles. The van der Waals surface area contributed by atoms with Crippen molar-refractivity contribution in [1.29, 1.82) is 0 Å². The molecule has 0 heterocycles. The van der Waals surface area contributed by atoms with Crippen LogP contribution in [0.5, 0.6) is 0 Å². The van der Waals surface area contributed by atoms with Gasteiger partial charge in [0.1, 0.15) is 0 Å². The van der Waals surface area contributed by atoms with Crippen LogP contribution < -0.4 is 10.6 Å². The molecule has 238 valence electrons. The Morgan fingerprint density at radius 3 is 1.05 bits per heavy atom. The summed E-state index contributed by atoms with van der Waals surface area (Å²) >= 11 is -0.556. The Hall–Kier alpha value is -0.186. The van der Waals surface area contributed by atoms with Crippen molar-refractivity contribution >= 4 is 66.6 Å². The molecule has 0 saturated heterocycles. The topological polar surface area (TPSA) is 0 Å². The first-order valence-corrected chi connectivity index (χ1v) is 23.5. The number of rotatable bonds is 10. The Kier molecular flexibility index (Phi) is 17.1. The summed E-state index contributed by atoms with van der Waals surface area (Å²) in [6, 6.07) is 19.0. The van der Waals surface area contributed by atoms with Crippen molar-refractivity contribution in [2.75, 3.05) is 0 Å². The molecule has 0 aliphatic carbocycles. The third-order valence-corrected chi connectivity index (χ3v) is 16.4. The van der Waals surface area contributed by atoms with E-state index in [1.165, 1.54) is 69.5 Å². The second-order valence-electron chi connectivity index (χ2n) is 12.4. The minimum absolute atomic E-state index is 0.0500. The van der Waals surface area contributed by atoms with Crippen LogP contribution in [0.3, 0.4) is 0 Å². The number of fused-ring (bicyclic) bond motifs is 2. The minimum atomic E-state index is -0.556. The fraction of sp³-hybridized carbons (Fsp3) is 0.526. The maximum absolute atomic E-state index is 4.89. The molecule has 4 aromatic rings. The summed E-state index contributed by atoms with van der Waals surface area (Å²) in [6.45, 7) is 28.0. The fourth-order valence-electron chi connectivity index (χ4n) is 6.12. The fourth-order valence-corrected chi connectivity index (χ4v) is 12.6. The molecule has 43 heavy (non-hydrogen) atoms. The first-order chi connectivity index (χ1) is 20.4. The van der Waals surface area contributed by atoms with Gasteiger partial charge in [-0.05, 0) is 62.2 Å². The Labute approximate surface area is 284 Å². The first kappa shape index (κ1) is 39.0. The number of hydrogen-bond donors (Lipinski definition) is 0. The molecule has 0 aliphatic rings. The van der Waals surface area contributed by atoms with Gasteiger partial charge >= 0.3 is 35.6 Å². The van der Waals surface area contributed by atoms with Gasteiger partial charge < -0.3 is 0 Å². The van der Waals surface area contributed by atoms with E-state index in [2.05, 4.69) is 132 Å². The molecule has 0 aliphatic heterocycles.